The van der Waals surface area contributed by atoms with Crippen LogP contribution < -0.4 is 5.73 Å². The molecule has 1 atom stereocenters. The molecule has 2 nitrogen and oxygen atoms in total. The quantitative estimate of drug-likeness (QED) is 0.584. The molecule has 1 rings (SSSR count). The predicted octanol–water partition coefficient (Wildman–Crippen LogP) is 0.670. The minimum Gasteiger partial charge on any atom is -0.381 e. The summed E-state index contributed by atoms with van der Waals surface area (Å²) < 4.78 is 5.22. The fourth-order valence-electron chi connectivity index (χ4n) is 1.29. The molecule has 60 valence electrons. The van der Waals surface area contributed by atoms with Crippen LogP contribution >= 0.6 is 12.6 Å². The average molecular weight is 161 g/mol. The topological polar surface area (TPSA) is 35.2 Å². The van der Waals surface area contributed by atoms with Crippen molar-refractivity contribution in [3.8, 4) is 0 Å². The summed E-state index contributed by atoms with van der Waals surface area (Å²) in [6.45, 7) is 2.47. The molecule has 0 spiro atoms. The molecular formula is C7H15NOS. The van der Waals surface area contributed by atoms with E-state index >= 15 is 0 Å². The van der Waals surface area contributed by atoms with Crippen LogP contribution in [0, 0.1) is 5.92 Å². The molecule has 0 bridgehead atoms. The zero-order valence-electron chi connectivity index (χ0n) is 6.12. The number of nitrogens with two attached hydrogens (primary N) is 1. The molecule has 0 radical (unpaired) electrons. The van der Waals surface area contributed by atoms with Crippen molar-refractivity contribution in [1.82, 2.24) is 0 Å². The summed E-state index contributed by atoms with van der Waals surface area (Å²) in [5, 5.41) is 0.379. The molecule has 10 heavy (non-hydrogen) atoms. The fourth-order valence-corrected chi connectivity index (χ4v) is 1.59. The first kappa shape index (κ1) is 8.37. The third-order valence-corrected chi connectivity index (χ3v) is 2.68. The van der Waals surface area contributed by atoms with E-state index in [1.807, 2.05) is 0 Å². The van der Waals surface area contributed by atoms with Crippen molar-refractivity contribution in [3.05, 3.63) is 0 Å². The minimum atomic E-state index is 0.379. The van der Waals surface area contributed by atoms with Gasteiger partial charge < -0.3 is 10.5 Å². The summed E-state index contributed by atoms with van der Waals surface area (Å²) in [5.41, 5.74) is 5.49. The second-order valence-corrected chi connectivity index (χ2v) is 3.42. The van der Waals surface area contributed by atoms with Gasteiger partial charge in [-0.15, -0.1) is 0 Å². The SMILES string of the molecule is NCC(S)C1CCOCC1. The summed E-state index contributed by atoms with van der Waals surface area (Å²) in [6.07, 6.45) is 2.26. The van der Waals surface area contributed by atoms with Gasteiger partial charge in [0.15, 0.2) is 0 Å². The Morgan fingerprint density at radius 3 is 2.60 bits per heavy atom. The molecule has 1 unspecified atom stereocenters. The molecular weight excluding hydrogens is 146 g/mol. The van der Waals surface area contributed by atoms with Crippen molar-refractivity contribution < 1.29 is 4.74 Å². The summed E-state index contributed by atoms with van der Waals surface area (Å²) in [6, 6.07) is 0. The number of hydrogen-bond acceptors (Lipinski definition) is 3. The highest BCUT2D eigenvalue weighted by Crippen LogP contribution is 2.21. The van der Waals surface area contributed by atoms with E-state index in [2.05, 4.69) is 12.6 Å². The minimum absolute atomic E-state index is 0.379. The Hall–Kier alpha value is 0.270. The van der Waals surface area contributed by atoms with Gasteiger partial charge in [0.1, 0.15) is 0 Å². The first-order valence-corrected chi connectivity index (χ1v) is 4.32. The van der Waals surface area contributed by atoms with Gasteiger partial charge in [-0.3, -0.25) is 0 Å². The second-order valence-electron chi connectivity index (χ2n) is 2.75. The molecule has 0 aromatic heterocycles. The van der Waals surface area contributed by atoms with Gasteiger partial charge in [-0.1, -0.05) is 0 Å². The number of ether oxygens (including phenoxy) is 1. The Morgan fingerprint density at radius 1 is 1.50 bits per heavy atom. The van der Waals surface area contributed by atoms with E-state index in [0.29, 0.717) is 17.7 Å². The molecule has 0 aromatic rings. The molecule has 0 aliphatic carbocycles. The second kappa shape index (κ2) is 4.21. The lowest BCUT2D eigenvalue weighted by Gasteiger charge is -2.25. The maximum atomic E-state index is 5.49. The molecule has 0 amide bonds. The Labute approximate surface area is 67.5 Å². The number of rotatable bonds is 2. The average Bonchev–Trinajstić information content (AvgIpc) is 2.05. The number of hydrogen-bond donors (Lipinski definition) is 2. The maximum absolute atomic E-state index is 5.49. The normalized spacial score (nSPS) is 24.6. The molecule has 1 fully saturated rings. The van der Waals surface area contributed by atoms with Crippen LogP contribution in [-0.4, -0.2) is 25.0 Å². The van der Waals surface area contributed by atoms with Crippen molar-refractivity contribution >= 4 is 12.6 Å². The van der Waals surface area contributed by atoms with E-state index in [9.17, 15) is 0 Å². The number of thiol groups is 1. The van der Waals surface area contributed by atoms with Crippen molar-refractivity contribution in [1.29, 1.82) is 0 Å². The first-order valence-electron chi connectivity index (χ1n) is 3.80. The van der Waals surface area contributed by atoms with Crippen molar-refractivity contribution in [2.75, 3.05) is 19.8 Å². The molecule has 0 aromatic carbocycles. The van der Waals surface area contributed by atoms with Gasteiger partial charge in [-0.05, 0) is 18.8 Å². The third-order valence-electron chi connectivity index (χ3n) is 2.05. The largest absolute Gasteiger partial charge is 0.381 e. The van der Waals surface area contributed by atoms with Gasteiger partial charge in [-0.25, -0.2) is 0 Å². The van der Waals surface area contributed by atoms with Crippen LogP contribution in [-0.2, 0) is 4.74 Å². The van der Waals surface area contributed by atoms with E-state index in [1.54, 1.807) is 0 Å². The molecule has 1 aliphatic heterocycles. The smallest absolute Gasteiger partial charge is 0.0469 e. The van der Waals surface area contributed by atoms with Crippen LogP contribution in [0.25, 0.3) is 0 Å². The Balaban J connectivity index is 2.24. The fraction of sp³-hybridized carbons (Fsp3) is 1.00. The standard InChI is InChI=1S/C7H15NOS/c8-5-7(10)6-1-3-9-4-2-6/h6-7,10H,1-5,8H2. The van der Waals surface area contributed by atoms with Crippen LogP contribution in [0.3, 0.4) is 0 Å². The van der Waals surface area contributed by atoms with Crippen molar-refractivity contribution in [2.45, 2.75) is 18.1 Å². The highest BCUT2D eigenvalue weighted by Gasteiger charge is 2.19. The Morgan fingerprint density at radius 2 is 2.10 bits per heavy atom. The van der Waals surface area contributed by atoms with Crippen LogP contribution in [0.2, 0.25) is 0 Å². The van der Waals surface area contributed by atoms with Crippen LogP contribution in [0.1, 0.15) is 12.8 Å². The lowest BCUT2D eigenvalue weighted by Crippen LogP contribution is -2.29. The third kappa shape index (κ3) is 2.15. The Bertz CT molecular complexity index is 93.6. The molecule has 2 N–H and O–H groups in total. The van der Waals surface area contributed by atoms with Crippen molar-refractivity contribution in [3.63, 3.8) is 0 Å². The van der Waals surface area contributed by atoms with E-state index in [0.717, 1.165) is 26.1 Å². The molecule has 0 saturated carbocycles. The van der Waals surface area contributed by atoms with Gasteiger partial charge in [0.25, 0.3) is 0 Å². The molecule has 1 saturated heterocycles. The highest BCUT2D eigenvalue weighted by molar-refractivity contribution is 7.81. The summed E-state index contributed by atoms with van der Waals surface area (Å²) in [4.78, 5) is 0. The van der Waals surface area contributed by atoms with Gasteiger partial charge in [0.05, 0.1) is 0 Å². The lowest BCUT2D eigenvalue weighted by atomic mass is 9.96. The van der Waals surface area contributed by atoms with E-state index in [1.165, 1.54) is 0 Å². The summed E-state index contributed by atoms with van der Waals surface area (Å²) in [5.74, 6) is 0.682. The zero-order chi connectivity index (χ0) is 7.40. The molecule has 1 heterocycles. The summed E-state index contributed by atoms with van der Waals surface area (Å²) in [7, 11) is 0. The maximum Gasteiger partial charge on any atom is 0.0469 e. The van der Waals surface area contributed by atoms with Gasteiger partial charge in [-0.2, -0.15) is 12.6 Å². The molecule has 3 heteroatoms. The summed E-state index contributed by atoms with van der Waals surface area (Å²) >= 11 is 4.39. The van der Waals surface area contributed by atoms with Crippen molar-refractivity contribution in [2.24, 2.45) is 11.7 Å². The first-order chi connectivity index (χ1) is 4.84. The van der Waals surface area contributed by atoms with Gasteiger partial charge in [0.2, 0.25) is 0 Å². The van der Waals surface area contributed by atoms with E-state index in [4.69, 9.17) is 10.5 Å². The van der Waals surface area contributed by atoms with Gasteiger partial charge in [0, 0.05) is 25.0 Å². The van der Waals surface area contributed by atoms with Crippen LogP contribution in [0.15, 0.2) is 0 Å². The van der Waals surface area contributed by atoms with Crippen LogP contribution in [0.4, 0.5) is 0 Å². The monoisotopic (exact) mass is 161 g/mol. The van der Waals surface area contributed by atoms with Gasteiger partial charge >= 0.3 is 0 Å². The zero-order valence-corrected chi connectivity index (χ0v) is 7.02. The lowest BCUT2D eigenvalue weighted by molar-refractivity contribution is 0.0664. The Kier molecular flexibility index (Phi) is 3.52. The van der Waals surface area contributed by atoms with Crippen LogP contribution in [0.5, 0.6) is 0 Å². The highest BCUT2D eigenvalue weighted by atomic mass is 32.1. The van der Waals surface area contributed by atoms with E-state index < -0.39 is 0 Å². The molecule has 1 aliphatic rings. The predicted molar refractivity (Wildman–Crippen MR) is 45.4 cm³/mol. The van der Waals surface area contributed by atoms with E-state index in [-0.39, 0.29) is 0 Å².